The van der Waals surface area contributed by atoms with E-state index in [-0.39, 0.29) is 40.9 Å². The Morgan fingerprint density at radius 2 is 1.91 bits per heavy atom. The van der Waals surface area contributed by atoms with Gasteiger partial charge in [0.15, 0.2) is 0 Å². The molecule has 0 unspecified atom stereocenters. The summed E-state index contributed by atoms with van der Waals surface area (Å²) in [7, 11) is 0. The van der Waals surface area contributed by atoms with Crippen LogP contribution in [0.1, 0.15) is 78.1 Å². The fraction of sp³-hybridized carbons (Fsp3) is 0.857. The van der Waals surface area contributed by atoms with Crippen molar-refractivity contribution in [2.24, 2.45) is 34.5 Å². The Morgan fingerprint density at radius 1 is 1.09 bits per heavy atom. The lowest BCUT2D eigenvalue weighted by atomic mass is 9.43. The SMILES string of the molecule is C[C@]12CC[C@H](NC(=O)N3CC[C@@H](O)C3)C[C@H]1CC[C@@H]1[C@@H]2CC[C@]2(C)[C@@H](C3=CC(=O)OC3)CC[C@]12O. The molecule has 5 fully saturated rings. The Bertz CT molecular complexity index is 936. The number of aliphatic hydroxyl groups excluding tert-OH is 1. The summed E-state index contributed by atoms with van der Waals surface area (Å²) in [5.74, 6) is 1.40. The van der Waals surface area contributed by atoms with Crippen LogP contribution in [-0.4, -0.2) is 64.6 Å². The fourth-order valence-corrected chi connectivity index (χ4v) is 9.73. The molecule has 4 aliphatic carbocycles. The third-order valence-corrected chi connectivity index (χ3v) is 11.8. The smallest absolute Gasteiger partial charge is 0.331 e. The lowest BCUT2D eigenvalue weighted by molar-refractivity contribution is -0.204. The molecule has 6 aliphatic rings. The van der Waals surface area contributed by atoms with Crippen LogP contribution in [-0.2, 0) is 9.53 Å². The second-order valence-electron chi connectivity index (χ2n) is 13.1. The van der Waals surface area contributed by atoms with Crippen LogP contribution >= 0.6 is 0 Å². The Balaban J connectivity index is 1.16. The van der Waals surface area contributed by atoms with Gasteiger partial charge >= 0.3 is 12.0 Å². The third kappa shape index (κ3) is 3.51. The predicted octanol–water partition coefficient (Wildman–Crippen LogP) is 3.39. The van der Waals surface area contributed by atoms with Crippen molar-refractivity contribution in [3.63, 3.8) is 0 Å². The highest BCUT2D eigenvalue weighted by Crippen LogP contribution is 2.69. The summed E-state index contributed by atoms with van der Waals surface area (Å²) in [5.41, 5.74) is 0.425. The van der Waals surface area contributed by atoms with E-state index < -0.39 is 5.60 Å². The first-order valence-electron chi connectivity index (χ1n) is 14.0. The van der Waals surface area contributed by atoms with Crippen LogP contribution in [0.3, 0.4) is 0 Å². The van der Waals surface area contributed by atoms with E-state index in [2.05, 4.69) is 19.2 Å². The highest BCUT2D eigenvalue weighted by atomic mass is 16.5. The van der Waals surface area contributed by atoms with Crippen molar-refractivity contribution < 1.29 is 24.5 Å². The molecule has 2 heterocycles. The van der Waals surface area contributed by atoms with Crippen LogP contribution in [0.5, 0.6) is 0 Å². The molecule has 4 saturated carbocycles. The summed E-state index contributed by atoms with van der Waals surface area (Å²) >= 11 is 0. The van der Waals surface area contributed by atoms with Gasteiger partial charge < -0.3 is 25.2 Å². The molecule has 2 aliphatic heterocycles. The van der Waals surface area contributed by atoms with E-state index in [0.717, 1.165) is 63.4 Å². The number of likely N-dealkylation sites (tertiary alicyclic amines) is 1. The van der Waals surface area contributed by atoms with E-state index >= 15 is 0 Å². The number of nitrogens with one attached hydrogen (secondary N) is 1. The number of carbonyl (C=O) groups is 2. The van der Waals surface area contributed by atoms with E-state index in [4.69, 9.17) is 4.74 Å². The number of β-amino-alcohol motifs (C(OH)–C–C–N with tert-alkyl or cyclic N) is 1. The number of ether oxygens (including phenoxy) is 1. The van der Waals surface area contributed by atoms with Gasteiger partial charge in [0.25, 0.3) is 0 Å². The number of fused-ring (bicyclic) bond motifs is 5. The molecule has 35 heavy (non-hydrogen) atoms. The first-order valence-corrected chi connectivity index (χ1v) is 14.0. The monoisotopic (exact) mass is 486 g/mol. The van der Waals surface area contributed by atoms with Crippen molar-refractivity contribution in [2.75, 3.05) is 19.7 Å². The molecule has 0 aromatic heterocycles. The number of rotatable bonds is 2. The average molecular weight is 487 g/mol. The molecule has 9 atom stereocenters. The van der Waals surface area contributed by atoms with Crippen LogP contribution in [0.15, 0.2) is 11.6 Å². The number of esters is 1. The number of hydrogen-bond acceptors (Lipinski definition) is 5. The summed E-state index contributed by atoms with van der Waals surface area (Å²) < 4.78 is 5.25. The van der Waals surface area contributed by atoms with Crippen molar-refractivity contribution >= 4 is 12.0 Å². The summed E-state index contributed by atoms with van der Waals surface area (Å²) in [4.78, 5) is 26.2. The number of carbonyl (C=O) groups excluding carboxylic acids is 2. The van der Waals surface area contributed by atoms with Crippen LogP contribution in [0.2, 0.25) is 0 Å². The zero-order valence-electron chi connectivity index (χ0n) is 21.3. The quantitative estimate of drug-likeness (QED) is 0.520. The number of amides is 2. The molecule has 7 heteroatoms. The largest absolute Gasteiger partial charge is 0.458 e. The average Bonchev–Trinajstić information content (AvgIpc) is 3.51. The number of nitrogens with zero attached hydrogens (tertiary/aromatic N) is 1. The summed E-state index contributed by atoms with van der Waals surface area (Å²) in [6.07, 6.45) is 11.1. The minimum atomic E-state index is -0.678. The number of hydrogen-bond donors (Lipinski definition) is 3. The molecule has 194 valence electrons. The normalized spacial score (nSPS) is 49.1. The molecule has 6 rings (SSSR count). The summed E-state index contributed by atoms with van der Waals surface area (Å²) in [6.45, 7) is 6.22. The molecule has 0 aromatic carbocycles. The zero-order valence-corrected chi connectivity index (χ0v) is 21.3. The van der Waals surface area contributed by atoms with Crippen molar-refractivity contribution in [1.82, 2.24) is 10.2 Å². The highest BCUT2D eigenvalue weighted by Gasteiger charge is 2.67. The Labute approximate surface area is 208 Å². The van der Waals surface area contributed by atoms with Gasteiger partial charge in [0.1, 0.15) is 6.61 Å². The fourth-order valence-electron chi connectivity index (χ4n) is 9.73. The highest BCUT2D eigenvalue weighted by molar-refractivity contribution is 5.85. The van der Waals surface area contributed by atoms with Gasteiger partial charge in [0, 0.05) is 30.6 Å². The van der Waals surface area contributed by atoms with Gasteiger partial charge in [0.05, 0.1) is 11.7 Å². The van der Waals surface area contributed by atoms with E-state index in [9.17, 15) is 19.8 Å². The van der Waals surface area contributed by atoms with Gasteiger partial charge in [-0.15, -0.1) is 0 Å². The van der Waals surface area contributed by atoms with Gasteiger partial charge in [-0.25, -0.2) is 9.59 Å². The second-order valence-corrected chi connectivity index (χ2v) is 13.1. The molecule has 2 amide bonds. The van der Waals surface area contributed by atoms with Crippen molar-refractivity contribution in [3.8, 4) is 0 Å². The zero-order chi connectivity index (χ0) is 24.6. The van der Waals surface area contributed by atoms with Crippen LogP contribution in [0.25, 0.3) is 0 Å². The van der Waals surface area contributed by atoms with Crippen molar-refractivity contribution in [2.45, 2.75) is 95.8 Å². The summed E-state index contributed by atoms with van der Waals surface area (Å²) in [6, 6.07) is 0.182. The molecule has 0 spiro atoms. The van der Waals surface area contributed by atoms with Gasteiger partial charge in [0.2, 0.25) is 0 Å². The topological polar surface area (TPSA) is 99.1 Å². The molecular weight excluding hydrogens is 444 g/mol. The van der Waals surface area contributed by atoms with Crippen LogP contribution in [0, 0.1) is 34.5 Å². The number of aliphatic hydroxyl groups is 2. The van der Waals surface area contributed by atoms with E-state index in [0.29, 0.717) is 43.9 Å². The van der Waals surface area contributed by atoms with Crippen molar-refractivity contribution in [3.05, 3.63) is 11.6 Å². The number of cyclic esters (lactones) is 1. The van der Waals surface area contributed by atoms with E-state index in [1.807, 2.05) is 0 Å². The first kappa shape index (κ1) is 23.8. The van der Waals surface area contributed by atoms with Crippen LogP contribution in [0.4, 0.5) is 4.79 Å². The maximum absolute atomic E-state index is 12.7. The first-order chi connectivity index (χ1) is 16.6. The van der Waals surface area contributed by atoms with E-state index in [1.165, 1.54) is 0 Å². The maximum Gasteiger partial charge on any atom is 0.331 e. The Hall–Kier alpha value is -1.60. The molecule has 1 saturated heterocycles. The van der Waals surface area contributed by atoms with Crippen LogP contribution < -0.4 is 5.32 Å². The Morgan fingerprint density at radius 3 is 2.63 bits per heavy atom. The minimum absolute atomic E-state index is 0.0211. The van der Waals surface area contributed by atoms with Gasteiger partial charge in [-0.3, -0.25) is 0 Å². The minimum Gasteiger partial charge on any atom is -0.458 e. The molecule has 0 bridgehead atoms. The molecule has 0 aromatic rings. The Kier molecular flexibility index (Phi) is 5.57. The lowest BCUT2D eigenvalue weighted by Crippen LogP contribution is -2.63. The summed E-state index contributed by atoms with van der Waals surface area (Å²) in [5, 5.41) is 25.4. The molecular formula is C28H42N2O5. The standard InChI is InChI=1S/C28H42N2O5/c1-26-9-5-19(29-25(33)30-12-8-20(31)15-30)14-18(26)3-4-23-22(26)6-10-27(2)21(7-11-28(23,27)34)17-13-24(32)35-16-17/h13,18-23,31,34H,3-12,14-16H2,1-2H3,(H,29,33)/t18-,19+,20-,21-,22+,23-,26+,27-,28+/m1/s1. The molecule has 7 nitrogen and oxygen atoms in total. The third-order valence-electron chi connectivity index (χ3n) is 11.8. The van der Waals surface area contributed by atoms with Gasteiger partial charge in [-0.1, -0.05) is 13.8 Å². The molecule has 3 N–H and O–H groups in total. The molecule has 0 radical (unpaired) electrons. The predicted molar refractivity (Wildman–Crippen MR) is 130 cm³/mol. The number of urea groups is 1. The van der Waals surface area contributed by atoms with Gasteiger partial charge in [-0.05, 0) is 98.9 Å². The maximum atomic E-state index is 12.7. The van der Waals surface area contributed by atoms with E-state index in [1.54, 1.807) is 11.0 Å². The van der Waals surface area contributed by atoms with Gasteiger partial charge in [-0.2, -0.15) is 0 Å². The van der Waals surface area contributed by atoms with Crippen molar-refractivity contribution in [1.29, 1.82) is 0 Å². The lowest BCUT2D eigenvalue weighted by Gasteiger charge is -2.64. The second kappa shape index (κ2) is 8.20.